The second-order valence-electron chi connectivity index (χ2n) is 5.00. The molecule has 20 heavy (non-hydrogen) atoms. The van der Waals surface area contributed by atoms with Crippen molar-refractivity contribution >= 4 is 5.91 Å². The van der Waals surface area contributed by atoms with Crippen molar-refractivity contribution in [2.24, 2.45) is 5.92 Å². The monoisotopic (exact) mass is 288 g/mol. The van der Waals surface area contributed by atoms with Crippen LogP contribution in [0.3, 0.4) is 0 Å². The summed E-state index contributed by atoms with van der Waals surface area (Å²) in [5, 5.41) is 0. The number of hydrogen-bond donors (Lipinski definition) is 0. The van der Waals surface area contributed by atoms with Crippen LogP contribution in [0, 0.1) is 5.92 Å². The van der Waals surface area contributed by atoms with Gasteiger partial charge in [-0.15, -0.1) is 0 Å². The molecule has 1 saturated heterocycles. The Kier molecular flexibility index (Phi) is 3.87. The van der Waals surface area contributed by atoms with Crippen LogP contribution in [0.15, 0.2) is 18.2 Å². The second kappa shape index (κ2) is 5.30. The van der Waals surface area contributed by atoms with Crippen molar-refractivity contribution in [3.63, 3.8) is 0 Å². The van der Waals surface area contributed by atoms with Crippen LogP contribution < -0.4 is 4.74 Å². The van der Waals surface area contributed by atoms with Gasteiger partial charge in [0.15, 0.2) is 0 Å². The lowest BCUT2D eigenvalue weighted by atomic mass is 10.1. The molecule has 0 spiro atoms. The van der Waals surface area contributed by atoms with Crippen molar-refractivity contribution in [2.75, 3.05) is 13.1 Å². The zero-order valence-electron chi connectivity index (χ0n) is 11.1. The maximum atomic E-state index is 12.5. The molecule has 0 unspecified atom stereocenters. The van der Waals surface area contributed by atoms with E-state index < -0.39 is 11.9 Å². The first kappa shape index (κ1) is 14.6. The molecule has 0 saturated carbocycles. The summed E-state index contributed by atoms with van der Waals surface area (Å²) in [5.74, 6) is -0.147. The molecule has 0 N–H and O–H groups in total. The van der Waals surface area contributed by atoms with E-state index in [1.807, 2.05) is 0 Å². The maximum Gasteiger partial charge on any atom is 0.433 e. The fourth-order valence-corrected chi connectivity index (χ4v) is 1.87. The van der Waals surface area contributed by atoms with Gasteiger partial charge in [0, 0.05) is 12.0 Å². The quantitative estimate of drug-likeness (QED) is 0.857. The minimum absolute atomic E-state index is 0.0156. The van der Waals surface area contributed by atoms with Gasteiger partial charge in [-0.3, -0.25) is 4.79 Å². The van der Waals surface area contributed by atoms with Crippen LogP contribution in [-0.4, -0.2) is 35.0 Å². The molecule has 0 aromatic carbocycles. The van der Waals surface area contributed by atoms with Gasteiger partial charge in [0.1, 0.15) is 11.8 Å². The molecule has 4 nitrogen and oxygen atoms in total. The second-order valence-corrected chi connectivity index (χ2v) is 5.00. The Balaban J connectivity index is 1.92. The third-order valence-corrected chi connectivity index (χ3v) is 2.96. The van der Waals surface area contributed by atoms with Gasteiger partial charge in [-0.1, -0.05) is 19.9 Å². The SMILES string of the molecule is CC(C)C(=O)N1CC(Oc2cccc(C(F)(F)F)n2)C1. The van der Waals surface area contributed by atoms with Crippen LogP contribution in [0.5, 0.6) is 5.88 Å². The highest BCUT2D eigenvalue weighted by Gasteiger charge is 2.35. The predicted octanol–water partition coefficient (Wildman–Crippen LogP) is 2.35. The lowest BCUT2D eigenvalue weighted by Gasteiger charge is -2.39. The van der Waals surface area contributed by atoms with Gasteiger partial charge in [-0.25, -0.2) is 4.98 Å². The molecule has 2 rings (SSSR count). The lowest BCUT2D eigenvalue weighted by Crippen LogP contribution is -2.57. The molecule has 1 amide bonds. The zero-order valence-corrected chi connectivity index (χ0v) is 11.1. The van der Waals surface area contributed by atoms with Crippen molar-refractivity contribution in [1.82, 2.24) is 9.88 Å². The van der Waals surface area contributed by atoms with E-state index in [0.717, 1.165) is 6.07 Å². The number of aromatic nitrogens is 1. The largest absolute Gasteiger partial charge is 0.471 e. The van der Waals surface area contributed by atoms with E-state index in [1.165, 1.54) is 12.1 Å². The summed E-state index contributed by atoms with van der Waals surface area (Å²) < 4.78 is 42.8. The highest BCUT2D eigenvalue weighted by Crippen LogP contribution is 2.29. The Morgan fingerprint density at radius 3 is 2.60 bits per heavy atom. The smallest absolute Gasteiger partial charge is 0.433 e. The average molecular weight is 288 g/mol. The summed E-state index contributed by atoms with van der Waals surface area (Å²) in [7, 11) is 0. The third kappa shape index (κ3) is 3.20. The molecule has 1 aromatic rings. The number of amides is 1. The molecule has 0 bridgehead atoms. The number of halogens is 3. The van der Waals surface area contributed by atoms with E-state index >= 15 is 0 Å². The summed E-state index contributed by atoms with van der Waals surface area (Å²) in [6.45, 7) is 4.36. The van der Waals surface area contributed by atoms with Gasteiger partial charge >= 0.3 is 6.18 Å². The summed E-state index contributed by atoms with van der Waals surface area (Å²) in [6.07, 6.45) is -4.78. The number of alkyl halides is 3. The maximum absolute atomic E-state index is 12.5. The molecule has 1 aliphatic rings. The molecule has 0 radical (unpaired) electrons. The normalized spacial score (nSPS) is 16.2. The van der Waals surface area contributed by atoms with Gasteiger partial charge in [0.25, 0.3) is 0 Å². The van der Waals surface area contributed by atoms with Crippen molar-refractivity contribution in [2.45, 2.75) is 26.1 Å². The minimum Gasteiger partial charge on any atom is -0.471 e. The van der Waals surface area contributed by atoms with Crippen molar-refractivity contribution < 1.29 is 22.7 Å². The van der Waals surface area contributed by atoms with Crippen LogP contribution in [0.25, 0.3) is 0 Å². The topological polar surface area (TPSA) is 42.4 Å². The zero-order chi connectivity index (χ0) is 14.9. The summed E-state index contributed by atoms with van der Waals surface area (Å²) in [6, 6.07) is 3.52. The number of rotatable bonds is 3. The van der Waals surface area contributed by atoms with Crippen molar-refractivity contribution in [3.05, 3.63) is 23.9 Å². The van der Waals surface area contributed by atoms with Crippen LogP contribution in [0.2, 0.25) is 0 Å². The molecule has 2 heterocycles. The summed E-state index contributed by atoms with van der Waals surface area (Å²) >= 11 is 0. The van der Waals surface area contributed by atoms with E-state index in [4.69, 9.17) is 4.74 Å². The van der Waals surface area contributed by atoms with Gasteiger partial charge in [-0.05, 0) is 6.07 Å². The Morgan fingerprint density at radius 2 is 2.05 bits per heavy atom. The number of carbonyl (C=O) groups excluding carboxylic acids is 1. The minimum atomic E-state index is -4.49. The number of nitrogens with zero attached hydrogens (tertiary/aromatic N) is 2. The molecule has 1 aliphatic heterocycles. The molecule has 1 aromatic heterocycles. The Hall–Kier alpha value is -1.79. The van der Waals surface area contributed by atoms with Gasteiger partial charge in [0.2, 0.25) is 11.8 Å². The Labute approximate surface area is 114 Å². The van der Waals surface area contributed by atoms with E-state index in [0.29, 0.717) is 13.1 Å². The number of pyridine rings is 1. The van der Waals surface area contributed by atoms with Crippen LogP contribution in [0.4, 0.5) is 13.2 Å². The fraction of sp³-hybridized carbons (Fsp3) is 0.538. The van der Waals surface area contributed by atoms with Crippen LogP contribution in [0.1, 0.15) is 19.5 Å². The third-order valence-electron chi connectivity index (χ3n) is 2.96. The van der Waals surface area contributed by atoms with Gasteiger partial charge in [-0.2, -0.15) is 13.2 Å². The number of hydrogen-bond acceptors (Lipinski definition) is 3. The van der Waals surface area contributed by atoms with Crippen molar-refractivity contribution in [3.8, 4) is 5.88 Å². The first-order chi connectivity index (χ1) is 9.27. The van der Waals surface area contributed by atoms with E-state index in [2.05, 4.69) is 4.98 Å². The Bertz CT molecular complexity index is 497. The van der Waals surface area contributed by atoms with E-state index in [1.54, 1.807) is 18.7 Å². The summed E-state index contributed by atoms with van der Waals surface area (Å²) in [5.41, 5.74) is -0.982. The lowest BCUT2D eigenvalue weighted by molar-refractivity contribution is -0.143. The van der Waals surface area contributed by atoms with Gasteiger partial charge in [0.05, 0.1) is 13.1 Å². The molecule has 7 heteroatoms. The number of carbonyl (C=O) groups is 1. The number of likely N-dealkylation sites (tertiary alicyclic amines) is 1. The Morgan fingerprint density at radius 1 is 1.40 bits per heavy atom. The summed E-state index contributed by atoms with van der Waals surface area (Å²) in [4.78, 5) is 16.6. The van der Waals surface area contributed by atoms with Crippen molar-refractivity contribution in [1.29, 1.82) is 0 Å². The van der Waals surface area contributed by atoms with E-state index in [-0.39, 0.29) is 23.8 Å². The first-order valence-corrected chi connectivity index (χ1v) is 6.27. The molecule has 1 fully saturated rings. The van der Waals surface area contributed by atoms with E-state index in [9.17, 15) is 18.0 Å². The average Bonchev–Trinajstić information content (AvgIpc) is 2.31. The standard InChI is InChI=1S/C13H15F3N2O2/c1-8(2)12(19)18-6-9(7-18)20-11-5-3-4-10(17-11)13(14,15)16/h3-5,8-9H,6-7H2,1-2H3. The molecule has 0 aliphatic carbocycles. The highest BCUT2D eigenvalue weighted by atomic mass is 19.4. The predicted molar refractivity (Wildman–Crippen MR) is 65.1 cm³/mol. The van der Waals surface area contributed by atoms with Crippen LogP contribution >= 0.6 is 0 Å². The fourth-order valence-electron chi connectivity index (χ4n) is 1.87. The molecular weight excluding hydrogens is 273 g/mol. The highest BCUT2D eigenvalue weighted by molar-refractivity contribution is 5.79. The molecule has 110 valence electrons. The van der Waals surface area contributed by atoms with Crippen LogP contribution in [-0.2, 0) is 11.0 Å². The first-order valence-electron chi connectivity index (χ1n) is 6.27. The number of ether oxygens (including phenoxy) is 1. The van der Waals surface area contributed by atoms with Gasteiger partial charge < -0.3 is 9.64 Å². The molecule has 0 atom stereocenters. The molecular formula is C13H15F3N2O2.